The average Bonchev–Trinajstić information content (AvgIpc) is 2.63. The lowest BCUT2D eigenvalue weighted by Gasteiger charge is -2.05. The molecule has 18 heavy (non-hydrogen) atoms. The molecule has 0 spiro atoms. The number of hydrogen-bond donors (Lipinski definition) is 1. The monoisotopic (exact) mass is 267 g/mol. The number of halogens is 2. The highest BCUT2D eigenvalue weighted by Gasteiger charge is 2.03. The van der Waals surface area contributed by atoms with Crippen LogP contribution in [0.5, 0.6) is 0 Å². The minimum atomic E-state index is -0.386. The van der Waals surface area contributed by atoms with E-state index in [0.717, 1.165) is 23.4 Å². The van der Waals surface area contributed by atoms with Crippen molar-refractivity contribution in [3.8, 4) is 0 Å². The Hall–Kier alpha value is -1.39. The number of rotatable bonds is 4. The van der Waals surface area contributed by atoms with Crippen LogP contribution in [0.4, 0.5) is 4.39 Å². The molecule has 1 aromatic heterocycles. The van der Waals surface area contributed by atoms with Crippen molar-refractivity contribution in [1.29, 1.82) is 0 Å². The molecule has 1 aromatic carbocycles. The van der Waals surface area contributed by atoms with Gasteiger partial charge in [-0.25, -0.2) is 4.39 Å². The summed E-state index contributed by atoms with van der Waals surface area (Å²) in [6.45, 7) is 3.36. The van der Waals surface area contributed by atoms with Gasteiger partial charge in [-0.3, -0.25) is 4.68 Å². The Bertz CT molecular complexity index is 551. The number of nitrogens with one attached hydrogen (secondary N) is 1. The zero-order chi connectivity index (χ0) is 13.1. The first-order chi connectivity index (χ1) is 8.56. The van der Waals surface area contributed by atoms with Crippen LogP contribution in [0.15, 0.2) is 24.4 Å². The summed E-state index contributed by atoms with van der Waals surface area (Å²) in [4.78, 5) is 0. The van der Waals surface area contributed by atoms with Crippen LogP contribution in [-0.2, 0) is 20.1 Å². The Balaban J connectivity index is 1.92. The standard InChI is InChI=1S/C13H15ClFN3/c1-9-11(8-18(2)17-9)7-16-6-10-3-4-13(15)12(14)5-10/h3-5,8,16H,6-7H2,1-2H3. The molecular formula is C13H15ClFN3. The van der Waals surface area contributed by atoms with E-state index in [1.807, 2.05) is 20.2 Å². The Morgan fingerprint density at radius 1 is 1.39 bits per heavy atom. The van der Waals surface area contributed by atoms with Crippen LogP contribution in [0.3, 0.4) is 0 Å². The van der Waals surface area contributed by atoms with Gasteiger partial charge in [-0.05, 0) is 24.6 Å². The third kappa shape index (κ3) is 3.09. The highest BCUT2D eigenvalue weighted by atomic mass is 35.5. The molecule has 3 nitrogen and oxygen atoms in total. The zero-order valence-corrected chi connectivity index (χ0v) is 11.1. The molecule has 0 unspecified atom stereocenters. The number of aryl methyl sites for hydroxylation is 2. The predicted molar refractivity (Wildman–Crippen MR) is 69.9 cm³/mol. The van der Waals surface area contributed by atoms with Crippen LogP contribution in [0, 0.1) is 12.7 Å². The van der Waals surface area contributed by atoms with Crippen molar-refractivity contribution in [2.24, 2.45) is 7.05 Å². The van der Waals surface area contributed by atoms with Crippen molar-refractivity contribution >= 4 is 11.6 Å². The van der Waals surface area contributed by atoms with E-state index >= 15 is 0 Å². The molecule has 0 bridgehead atoms. The minimum Gasteiger partial charge on any atom is -0.308 e. The van der Waals surface area contributed by atoms with E-state index in [0.29, 0.717) is 6.54 Å². The Morgan fingerprint density at radius 3 is 2.78 bits per heavy atom. The van der Waals surface area contributed by atoms with Crippen molar-refractivity contribution < 1.29 is 4.39 Å². The van der Waals surface area contributed by atoms with Gasteiger partial charge in [0.25, 0.3) is 0 Å². The lowest BCUT2D eigenvalue weighted by molar-refractivity contribution is 0.625. The molecule has 0 fully saturated rings. The van der Waals surface area contributed by atoms with Crippen molar-refractivity contribution in [3.05, 3.63) is 52.1 Å². The Morgan fingerprint density at radius 2 is 2.17 bits per heavy atom. The van der Waals surface area contributed by atoms with Gasteiger partial charge >= 0.3 is 0 Å². The largest absolute Gasteiger partial charge is 0.308 e. The van der Waals surface area contributed by atoms with Gasteiger partial charge in [0.15, 0.2) is 0 Å². The number of hydrogen-bond acceptors (Lipinski definition) is 2. The quantitative estimate of drug-likeness (QED) is 0.923. The molecule has 0 amide bonds. The summed E-state index contributed by atoms with van der Waals surface area (Å²) in [5.41, 5.74) is 3.13. The van der Waals surface area contributed by atoms with Gasteiger partial charge in [-0.2, -0.15) is 5.10 Å². The molecule has 1 N–H and O–H groups in total. The van der Waals surface area contributed by atoms with Crippen LogP contribution in [0.2, 0.25) is 5.02 Å². The third-order valence-electron chi connectivity index (χ3n) is 2.74. The number of benzene rings is 1. The summed E-state index contributed by atoms with van der Waals surface area (Å²) in [7, 11) is 1.90. The normalized spacial score (nSPS) is 10.9. The van der Waals surface area contributed by atoms with Gasteiger partial charge in [0, 0.05) is 31.9 Å². The average molecular weight is 268 g/mol. The Kier molecular flexibility index (Phi) is 3.99. The smallest absolute Gasteiger partial charge is 0.141 e. The van der Waals surface area contributed by atoms with E-state index in [4.69, 9.17) is 11.6 Å². The molecule has 5 heteroatoms. The number of nitrogens with zero attached hydrogens (tertiary/aromatic N) is 2. The summed E-state index contributed by atoms with van der Waals surface area (Å²) in [5, 5.41) is 7.71. The SMILES string of the molecule is Cc1nn(C)cc1CNCc1ccc(F)c(Cl)c1. The molecule has 0 aliphatic heterocycles. The van der Waals surface area contributed by atoms with Gasteiger partial charge in [0.1, 0.15) is 5.82 Å². The lowest BCUT2D eigenvalue weighted by atomic mass is 10.2. The fourth-order valence-corrected chi connectivity index (χ4v) is 2.02. The summed E-state index contributed by atoms with van der Waals surface area (Å²) in [5.74, 6) is -0.386. The van der Waals surface area contributed by atoms with E-state index in [1.165, 1.54) is 6.07 Å². The summed E-state index contributed by atoms with van der Waals surface area (Å²) in [6, 6.07) is 4.75. The minimum absolute atomic E-state index is 0.159. The van der Waals surface area contributed by atoms with Crippen LogP contribution in [-0.4, -0.2) is 9.78 Å². The van der Waals surface area contributed by atoms with Crippen molar-refractivity contribution in [1.82, 2.24) is 15.1 Å². The summed E-state index contributed by atoms with van der Waals surface area (Å²) < 4.78 is 14.8. The molecule has 0 radical (unpaired) electrons. The topological polar surface area (TPSA) is 29.9 Å². The van der Waals surface area contributed by atoms with Crippen LogP contribution in [0.1, 0.15) is 16.8 Å². The first-order valence-corrected chi connectivity index (χ1v) is 6.08. The van der Waals surface area contributed by atoms with Crippen LogP contribution in [0.25, 0.3) is 0 Å². The first-order valence-electron chi connectivity index (χ1n) is 5.70. The van der Waals surface area contributed by atoms with Crippen LogP contribution < -0.4 is 5.32 Å². The molecule has 0 aliphatic carbocycles. The highest BCUT2D eigenvalue weighted by molar-refractivity contribution is 6.30. The second kappa shape index (κ2) is 5.50. The van der Waals surface area contributed by atoms with E-state index in [9.17, 15) is 4.39 Å². The Labute approximate surface area is 111 Å². The number of aromatic nitrogens is 2. The van der Waals surface area contributed by atoms with Gasteiger partial charge in [-0.15, -0.1) is 0 Å². The summed E-state index contributed by atoms with van der Waals surface area (Å²) in [6.07, 6.45) is 1.99. The van der Waals surface area contributed by atoms with E-state index in [-0.39, 0.29) is 10.8 Å². The van der Waals surface area contributed by atoms with Gasteiger partial charge in [0.2, 0.25) is 0 Å². The van der Waals surface area contributed by atoms with Crippen molar-refractivity contribution in [3.63, 3.8) is 0 Å². The van der Waals surface area contributed by atoms with Crippen molar-refractivity contribution in [2.45, 2.75) is 20.0 Å². The van der Waals surface area contributed by atoms with Crippen LogP contribution >= 0.6 is 11.6 Å². The predicted octanol–water partition coefficient (Wildman–Crippen LogP) is 2.81. The maximum atomic E-state index is 13.0. The highest BCUT2D eigenvalue weighted by Crippen LogP contribution is 2.16. The molecule has 0 saturated carbocycles. The maximum absolute atomic E-state index is 13.0. The lowest BCUT2D eigenvalue weighted by Crippen LogP contribution is -2.13. The molecule has 0 saturated heterocycles. The molecule has 2 rings (SSSR count). The van der Waals surface area contributed by atoms with Gasteiger partial charge in [0.05, 0.1) is 10.7 Å². The summed E-state index contributed by atoms with van der Waals surface area (Å²) >= 11 is 5.72. The van der Waals surface area contributed by atoms with Crippen molar-refractivity contribution in [2.75, 3.05) is 0 Å². The second-order valence-electron chi connectivity index (χ2n) is 4.27. The van der Waals surface area contributed by atoms with E-state index in [2.05, 4.69) is 10.4 Å². The van der Waals surface area contributed by atoms with E-state index in [1.54, 1.807) is 16.8 Å². The molecule has 1 heterocycles. The molecule has 96 valence electrons. The fourth-order valence-electron chi connectivity index (χ4n) is 1.81. The first kappa shape index (κ1) is 13.1. The third-order valence-corrected chi connectivity index (χ3v) is 3.03. The second-order valence-corrected chi connectivity index (χ2v) is 4.67. The van der Waals surface area contributed by atoms with E-state index < -0.39 is 0 Å². The molecule has 2 aromatic rings. The zero-order valence-electron chi connectivity index (χ0n) is 10.4. The van der Waals surface area contributed by atoms with Gasteiger partial charge < -0.3 is 5.32 Å². The maximum Gasteiger partial charge on any atom is 0.141 e. The molecule has 0 aliphatic rings. The molecular weight excluding hydrogens is 253 g/mol. The molecule has 0 atom stereocenters. The van der Waals surface area contributed by atoms with Gasteiger partial charge in [-0.1, -0.05) is 17.7 Å². The fraction of sp³-hybridized carbons (Fsp3) is 0.308.